The molecule has 2 aromatic rings. The highest BCUT2D eigenvalue weighted by atomic mass is 79.9. The fourth-order valence-electron chi connectivity index (χ4n) is 2.44. The Hall–Kier alpha value is -1.61. The van der Waals surface area contributed by atoms with Crippen LogP contribution in [-0.4, -0.2) is 5.91 Å². The van der Waals surface area contributed by atoms with Crippen LogP contribution in [0, 0.1) is 20.8 Å². The maximum atomic E-state index is 12.4. The minimum Gasteiger partial charge on any atom is -0.348 e. The molecule has 0 atom stereocenters. The molecule has 0 saturated carbocycles. The number of rotatable bonds is 3. The zero-order chi connectivity index (χ0) is 14.7. The van der Waals surface area contributed by atoms with E-state index >= 15 is 0 Å². The Morgan fingerprint density at radius 2 is 1.70 bits per heavy atom. The highest BCUT2D eigenvalue weighted by Gasteiger charge is 2.12. The molecule has 20 heavy (non-hydrogen) atoms. The Balaban J connectivity index is 2.16. The van der Waals surface area contributed by atoms with Crippen molar-refractivity contribution in [2.24, 2.45) is 0 Å². The van der Waals surface area contributed by atoms with Crippen molar-refractivity contribution in [2.75, 3.05) is 0 Å². The molecule has 2 aromatic carbocycles. The number of hydrogen-bond acceptors (Lipinski definition) is 1. The summed E-state index contributed by atoms with van der Waals surface area (Å²) in [5.41, 5.74) is 5.08. The van der Waals surface area contributed by atoms with E-state index in [1.54, 1.807) is 0 Å². The molecule has 0 aliphatic carbocycles. The average molecular weight is 332 g/mol. The highest BCUT2D eigenvalue weighted by Crippen LogP contribution is 2.18. The summed E-state index contributed by atoms with van der Waals surface area (Å²) in [6, 6.07) is 12.0. The summed E-state index contributed by atoms with van der Waals surface area (Å²) in [6.07, 6.45) is 0. The fraction of sp³-hybridized carbons (Fsp3) is 0.235. The number of aryl methyl sites for hydroxylation is 3. The van der Waals surface area contributed by atoms with Gasteiger partial charge in [0.1, 0.15) is 0 Å². The highest BCUT2D eigenvalue weighted by molar-refractivity contribution is 9.10. The SMILES string of the molecule is Cc1cc(C)c(C(=O)NCc2ccccc2Br)c(C)c1. The molecule has 0 unspecified atom stereocenters. The van der Waals surface area contributed by atoms with Crippen LogP contribution in [0.25, 0.3) is 0 Å². The molecule has 0 spiro atoms. The number of carbonyl (C=O) groups is 1. The van der Waals surface area contributed by atoms with E-state index in [2.05, 4.69) is 21.2 Å². The molecular formula is C17H18BrNO. The molecule has 2 nitrogen and oxygen atoms in total. The van der Waals surface area contributed by atoms with Gasteiger partial charge in [-0.15, -0.1) is 0 Å². The number of amides is 1. The van der Waals surface area contributed by atoms with Gasteiger partial charge in [-0.3, -0.25) is 4.79 Å². The first kappa shape index (κ1) is 14.8. The summed E-state index contributed by atoms with van der Waals surface area (Å²) in [4.78, 5) is 12.4. The number of halogens is 1. The van der Waals surface area contributed by atoms with Gasteiger partial charge in [0, 0.05) is 16.6 Å². The third-order valence-corrected chi connectivity index (χ3v) is 4.07. The van der Waals surface area contributed by atoms with Crippen LogP contribution >= 0.6 is 15.9 Å². The molecule has 2 rings (SSSR count). The van der Waals surface area contributed by atoms with Crippen molar-refractivity contribution in [2.45, 2.75) is 27.3 Å². The molecule has 0 bridgehead atoms. The summed E-state index contributed by atoms with van der Waals surface area (Å²) in [5.74, 6) is -0.0178. The molecule has 0 aliphatic rings. The van der Waals surface area contributed by atoms with Crippen LogP contribution in [0.3, 0.4) is 0 Å². The van der Waals surface area contributed by atoms with Gasteiger partial charge in [-0.1, -0.05) is 51.8 Å². The van der Waals surface area contributed by atoms with Crippen LogP contribution in [-0.2, 0) is 6.54 Å². The van der Waals surface area contributed by atoms with Crippen molar-refractivity contribution in [1.82, 2.24) is 5.32 Å². The van der Waals surface area contributed by atoms with E-state index in [9.17, 15) is 4.79 Å². The van der Waals surface area contributed by atoms with Crippen LogP contribution in [0.4, 0.5) is 0 Å². The van der Waals surface area contributed by atoms with Gasteiger partial charge in [0.25, 0.3) is 5.91 Å². The molecule has 0 radical (unpaired) electrons. The minimum atomic E-state index is -0.0178. The normalized spacial score (nSPS) is 10.4. The summed E-state index contributed by atoms with van der Waals surface area (Å²) >= 11 is 3.49. The quantitative estimate of drug-likeness (QED) is 0.892. The number of hydrogen-bond donors (Lipinski definition) is 1. The van der Waals surface area contributed by atoms with Crippen LogP contribution < -0.4 is 5.32 Å². The monoisotopic (exact) mass is 331 g/mol. The smallest absolute Gasteiger partial charge is 0.252 e. The van der Waals surface area contributed by atoms with Crippen molar-refractivity contribution >= 4 is 21.8 Å². The average Bonchev–Trinajstić information content (AvgIpc) is 2.36. The van der Waals surface area contributed by atoms with Gasteiger partial charge in [0.05, 0.1) is 0 Å². The van der Waals surface area contributed by atoms with Gasteiger partial charge in [-0.2, -0.15) is 0 Å². The standard InChI is InChI=1S/C17H18BrNO/c1-11-8-12(2)16(13(3)9-11)17(20)19-10-14-6-4-5-7-15(14)18/h4-9H,10H2,1-3H3,(H,19,20). The van der Waals surface area contributed by atoms with Gasteiger partial charge < -0.3 is 5.32 Å². The van der Waals surface area contributed by atoms with E-state index in [4.69, 9.17) is 0 Å². The molecule has 0 saturated heterocycles. The lowest BCUT2D eigenvalue weighted by Crippen LogP contribution is -2.24. The Labute approximate surface area is 128 Å². The predicted octanol–water partition coefficient (Wildman–Crippen LogP) is 4.30. The van der Waals surface area contributed by atoms with Gasteiger partial charge in [0.15, 0.2) is 0 Å². The lowest BCUT2D eigenvalue weighted by atomic mass is 9.99. The van der Waals surface area contributed by atoms with Gasteiger partial charge in [-0.05, 0) is 43.5 Å². The van der Waals surface area contributed by atoms with Gasteiger partial charge in [-0.25, -0.2) is 0 Å². The summed E-state index contributed by atoms with van der Waals surface area (Å²) in [6.45, 7) is 6.52. The Morgan fingerprint density at radius 1 is 1.10 bits per heavy atom. The lowest BCUT2D eigenvalue weighted by Gasteiger charge is -2.12. The summed E-state index contributed by atoms with van der Waals surface area (Å²) < 4.78 is 1.01. The lowest BCUT2D eigenvalue weighted by molar-refractivity contribution is 0.0949. The van der Waals surface area contributed by atoms with E-state index in [0.29, 0.717) is 6.54 Å². The molecule has 0 fully saturated rings. The Bertz CT molecular complexity index is 626. The van der Waals surface area contributed by atoms with Crippen molar-refractivity contribution in [3.63, 3.8) is 0 Å². The first-order valence-electron chi connectivity index (χ1n) is 6.58. The van der Waals surface area contributed by atoms with E-state index in [-0.39, 0.29) is 5.91 Å². The molecule has 0 aliphatic heterocycles. The third kappa shape index (κ3) is 3.28. The molecule has 1 N–H and O–H groups in total. The largest absolute Gasteiger partial charge is 0.348 e. The van der Waals surface area contributed by atoms with E-state index in [1.165, 1.54) is 5.56 Å². The van der Waals surface area contributed by atoms with E-state index < -0.39 is 0 Å². The maximum Gasteiger partial charge on any atom is 0.252 e. The first-order chi connectivity index (χ1) is 9.49. The van der Waals surface area contributed by atoms with Crippen molar-refractivity contribution < 1.29 is 4.79 Å². The second-order valence-electron chi connectivity index (χ2n) is 5.05. The zero-order valence-corrected chi connectivity index (χ0v) is 13.5. The number of benzene rings is 2. The second-order valence-corrected chi connectivity index (χ2v) is 5.90. The molecule has 1 amide bonds. The predicted molar refractivity (Wildman–Crippen MR) is 86.0 cm³/mol. The van der Waals surface area contributed by atoms with E-state index in [1.807, 2.05) is 57.2 Å². The molecule has 104 valence electrons. The summed E-state index contributed by atoms with van der Waals surface area (Å²) in [7, 11) is 0. The third-order valence-electron chi connectivity index (χ3n) is 3.30. The summed E-state index contributed by atoms with van der Waals surface area (Å²) in [5, 5.41) is 2.99. The molecular weight excluding hydrogens is 314 g/mol. The molecule has 0 heterocycles. The number of nitrogens with one attached hydrogen (secondary N) is 1. The topological polar surface area (TPSA) is 29.1 Å². The first-order valence-corrected chi connectivity index (χ1v) is 7.38. The van der Waals surface area contributed by atoms with Crippen LogP contribution in [0.2, 0.25) is 0 Å². The van der Waals surface area contributed by atoms with E-state index in [0.717, 1.165) is 26.7 Å². The molecule has 3 heteroatoms. The van der Waals surface area contributed by atoms with Crippen LogP contribution in [0.1, 0.15) is 32.6 Å². The zero-order valence-electron chi connectivity index (χ0n) is 12.0. The number of carbonyl (C=O) groups excluding carboxylic acids is 1. The molecule has 0 aromatic heterocycles. The van der Waals surface area contributed by atoms with Crippen molar-refractivity contribution in [1.29, 1.82) is 0 Å². The second kappa shape index (κ2) is 6.23. The Kier molecular flexibility index (Phi) is 4.61. The van der Waals surface area contributed by atoms with Crippen LogP contribution in [0.15, 0.2) is 40.9 Å². The van der Waals surface area contributed by atoms with Gasteiger partial charge >= 0.3 is 0 Å². The van der Waals surface area contributed by atoms with Crippen molar-refractivity contribution in [3.05, 3.63) is 68.7 Å². The van der Waals surface area contributed by atoms with Crippen LogP contribution in [0.5, 0.6) is 0 Å². The maximum absolute atomic E-state index is 12.4. The fourth-order valence-corrected chi connectivity index (χ4v) is 2.87. The van der Waals surface area contributed by atoms with Gasteiger partial charge in [0.2, 0.25) is 0 Å². The van der Waals surface area contributed by atoms with Crippen molar-refractivity contribution in [3.8, 4) is 0 Å². The Morgan fingerprint density at radius 3 is 2.30 bits per heavy atom. The minimum absolute atomic E-state index is 0.0178.